The zero-order valence-corrected chi connectivity index (χ0v) is 15.5. The van der Waals surface area contributed by atoms with Crippen LogP contribution in [-0.4, -0.2) is 43.0 Å². The molecule has 7 nitrogen and oxygen atoms in total. The molecule has 0 bridgehead atoms. The van der Waals surface area contributed by atoms with E-state index in [0.717, 1.165) is 19.3 Å². The topological polar surface area (TPSA) is 99.1 Å². The van der Waals surface area contributed by atoms with E-state index in [0.29, 0.717) is 18.7 Å². The van der Waals surface area contributed by atoms with E-state index in [4.69, 9.17) is 0 Å². The van der Waals surface area contributed by atoms with E-state index in [-0.39, 0.29) is 16.2 Å². The van der Waals surface area contributed by atoms with E-state index < -0.39 is 15.9 Å². The maximum absolute atomic E-state index is 12.7. The predicted octanol–water partition coefficient (Wildman–Crippen LogP) is 2.33. The Labute approximate surface area is 158 Å². The largest absolute Gasteiger partial charge is 0.508 e. The fourth-order valence-corrected chi connectivity index (χ4v) is 4.41. The van der Waals surface area contributed by atoms with Crippen LogP contribution in [0.4, 0.5) is 0 Å². The van der Waals surface area contributed by atoms with Crippen molar-refractivity contribution in [2.75, 3.05) is 13.1 Å². The van der Waals surface area contributed by atoms with Gasteiger partial charge in [-0.15, -0.1) is 0 Å². The third-order valence-corrected chi connectivity index (χ3v) is 6.22. The van der Waals surface area contributed by atoms with Crippen molar-refractivity contribution in [3.8, 4) is 5.75 Å². The summed E-state index contributed by atoms with van der Waals surface area (Å²) in [6.07, 6.45) is 4.18. The zero-order valence-electron chi connectivity index (χ0n) is 14.7. The molecule has 1 fully saturated rings. The molecule has 1 heterocycles. The Bertz CT molecular complexity index is 934. The van der Waals surface area contributed by atoms with Crippen molar-refractivity contribution >= 4 is 22.1 Å². The van der Waals surface area contributed by atoms with Crippen LogP contribution in [-0.2, 0) is 10.0 Å². The Morgan fingerprint density at radius 2 is 1.78 bits per heavy atom. The number of carbonyl (C=O) groups excluding carboxylic acids is 1. The minimum absolute atomic E-state index is 0.111. The first-order valence-electron chi connectivity index (χ1n) is 8.69. The van der Waals surface area contributed by atoms with E-state index >= 15 is 0 Å². The molecule has 1 aliphatic heterocycles. The molecule has 0 radical (unpaired) electrons. The molecule has 2 aromatic carbocycles. The fourth-order valence-electron chi connectivity index (χ4n) is 2.84. The number of carbonyl (C=O) groups is 1. The highest BCUT2D eigenvalue weighted by Crippen LogP contribution is 2.21. The van der Waals surface area contributed by atoms with Gasteiger partial charge < -0.3 is 5.11 Å². The maximum Gasteiger partial charge on any atom is 0.271 e. The number of phenols is 1. The fraction of sp³-hybridized carbons (Fsp3) is 0.263. The average molecular weight is 387 g/mol. The highest BCUT2D eigenvalue weighted by molar-refractivity contribution is 7.89. The molecule has 0 aliphatic carbocycles. The number of nitrogens with one attached hydrogen (secondary N) is 1. The molecule has 1 saturated heterocycles. The summed E-state index contributed by atoms with van der Waals surface area (Å²) in [7, 11) is -3.59. The number of hydrazone groups is 1. The second kappa shape index (κ2) is 8.32. The summed E-state index contributed by atoms with van der Waals surface area (Å²) in [5, 5.41) is 13.1. The third kappa shape index (κ3) is 4.72. The monoisotopic (exact) mass is 387 g/mol. The Hall–Kier alpha value is -2.71. The van der Waals surface area contributed by atoms with Crippen LogP contribution in [0.15, 0.2) is 58.5 Å². The second-order valence-corrected chi connectivity index (χ2v) is 8.22. The van der Waals surface area contributed by atoms with Crippen LogP contribution in [0.5, 0.6) is 5.75 Å². The van der Waals surface area contributed by atoms with Gasteiger partial charge in [-0.1, -0.05) is 12.5 Å². The zero-order chi connectivity index (χ0) is 19.3. The van der Waals surface area contributed by atoms with Crippen molar-refractivity contribution < 1.29 is 18.3 Å². The van der Waals surface area contributed by atoms with Gasteiger partial charge in [0.25, 0.3) is 5.91 Å². The normalized spacial score (nSPS) is 15.7. The minimum atomic E-state index is -3.59. The highest BCUT2D eigenvalue weighted by Gasteiger charge is 2.26. The smallest absolute Gasteiger partial charge is 0.271 e. The van der Waals surface area contributed by atoms with Gasteiger partial charge in [0.15, 0.2) is 0 Å². The van der Waals surface area contributed by atoms with Crippen molar-refractivity contribution in [3.63, 3.8) is 0 Å². The Morgan fingerprint density at radius 3 is 2.48 bits per heavy atom. The summed E-state index contributed by atoms with van der Waals surface area (Å²) in [4.78, 5) is 12.4. The number of aromatic hydroxyl groups is 1. The Kier molecular flexibility index (Phi) is 5.88. The summed E-state index contributed by atoms with van der Waals surface area (Å²) >= 11 is 0. The van der Waals surface area contributed by atoms with Crippen molar-refractivity contribution in [2.24, 2.45) is 5.10 Å². The van der Waals surface area contributed by atoms with Crippen LogP contribution in [0.1, 0.15) is 35.2 Å². The van der Waals surface area contributed by atoms with Crippen LogP contribution in [0.3, 0.4) is 0 Å². The Morgan fingerprint density at radius 1 is 1.07 bits per heavy atom. The van der Waals surface area contributed by atoms with Crippen molar-refractivity contribution in [2.45, 2.75) is 24.2 Å². The summed E-state index contributed by atoms with van der Waals surface area (Å²) in [6, 6.07) is 12.3. The maximum atomic E-state index is 12.7. The molecule has 27 heavy (non-hydrogen) atoms. The highest BCUT2D eigenvalue weighted by atomic mass is 32.2. The molecule has 8 heteroatoms. The van der Waals surface area contributed by atoms with Gasteiger partial charge in [-0.25, -0.2) is 13.8 Å². The van der Waals surface area contributed by atoms with E-state index in [9.17, 15) is 18.3 Å². The Balaban J connectivity index is 1.70. The van der Waals surface area contributed by atoms with Gasteiger partial charge in [-0.3, -0.25) is 4.79 Å². The third-order valence-electron chi connectivity index (χ3n) is 4.32. The van der Waals surface area contributed by atoms with Gasteiger partial charge in [0.1, 0.15) is 5.75 Å². The van der Waals surface area contributed by atoms with Gasteiger partial charge in [0, 0.05) is 18.7 Å². The summed E-state index contributed by atoms with van der Waals surface area (Å²) in [5.41, 5.74) is 3.30. The molecule has 3 rings (SSSR count). The summed E-state index contributed by atoms with van der Waals surface area (Å²) < 4.78 is 26.9. The molecular weight excluding hydrogens is 366 g/mol. The molecule has 2 aromatic rings. The second-order valence-electron chi connectivity index (χ2n) is 6.28. The van der Waals surface area contributed by atoms with Crippen LogP contribution < -0.4 is 5.43 Å². The lowest BCUT2D eigenvalue weighted by molar-refractivity contribution is 0.0955. The van der Waals surface area contributed by atoms with Crippen molar-refractivity contribution in [1.29, 1.82) is 0 Å². The standard InChI is InChI=1S/C19H21N3O4S/c23-17-9-7-15(8-10-17)14-20-21-19(24)16-5-4-6-18(13-16)27(25,26)22-11-2-1-3-12-22/h4-10,13-14,23H,1-3,11-12H2,(H,21,24)/b20-14+. The molecule has 142 valence electrons. The number of hydrogen-bond acceptors (Lipinski definition) is 5. The summed E-state index contributed by atoms with van der Waals surface area (Å²) in [6.45, 7) is 1.02. The molecule has 0 spiro atoms. The molecule has 0 aromatic heterocycles. The number of rotatable bonds is 5. The van der Waals surface area contributed by atoms with Crippen molar-refractivity contribution in [3.05, 3.63) is 59.7 Å². The number of phenolic OH excluding ortho intramolecular Hbond substituents is 1. The van der Waals surface area contributed by atoms with Gasteiger partial charge in [0.2, 0.25) is 10.0 Å². The molecule has 1 amide bonds. The lowest BCUT2D eigenvalue weighted by Crippen LogP contribution is -2.35. The van der Waals surface area contributed by atoms with Crippen molar-refractivity contribution in [1.82, 2.24) is 9.73 Å². The van der Waals surface area contributed by atoms with Crippen LogP contribution in [0.2, 0.25) is 0 Å². The number of piperidine rings is 1. The quantitative estimate of drug-likeness (QED) is 0.608. The number of sulfonamides is 1. The van der Waals surface area contributed by atoms with Crippen LogP contribution >= 0.6 is 0 Å². The molecular formula is C19H21N3O4S. The molecule has 0 saturated carbocycles. The first-order valence-corrected chi connectivity index (χ1v) is 10.1. The molecule has 2 N–H and O–H groups in total. The van der Waals surface area contributed by atoms with E-state index in [2.05, 4.69) is 10.5 Å². The number of nitrogens with zero attached hydrogens (tertiary/aromatic N) is 2. The SMILES string of the molecule is O=C(N/N=C/c1ccc(O)cc1)c1cccc(S(=O)(=O)N2CCCCC2)c1. The lowest BCUT2D eigenvalue weighted by atomic mass is 10.2. The summed E-state index contributed by atoms with van der Waals surface area (Å²) in [5.74, 6) is -0.358. The van der Waals surface area contributed by atoms with Crippen LogP contribution in [0.25, 0.3) is 0 Å². The molecule has 0 unspecified atom stereocenters. The van der Waals surface area contributed by atoms with E-state index in [1.807, 2.05) is 0 Å². The molecule has 1 aliphatic rings. The van der Waals surface area contributed by atoms with Gasteiger partial charge in [0.05, 0.1) is 11.1 Å². The van der Waals surface area contributed by atoms with Gasteiger partial charge >= 0.3 is 0 Å². The number of amides is 1. The molecule has 0 atom stereocenters. The lowest BCUT2D eigenvalue weighted by Gasteiger charge is -2.25. The van der Waals surface area contributed by atoms with E-state index in [1.165, 1.54) is 34.8 Å². The number of hydrogen-bond donors (Lipinski definition) is 2. The minimum Gasteiger partial charge on any atom is -0.508 e. The number of benzene rings is 2. The van der Waals surface area contributed by atoms with Crippen LogP contribution in [0, 0.1) is 0 Å². The average Bonchev–Trinajstić information content (AvgIpc) is 2.70. The first kappa shape index (κ1) is 19.1. The van der Waals surface area contributed by atoms with Gasteiger partial charge in [-0.2, -0.15) is 9.41 Å². The van der Waals surface area contributed by atoms with Gasteiger partial charge in [-0.05, 0) is 60.9 Å². The predicted molar refractivity (Wildman–Crippen MR) is 102 cm³/mol. The first-order chi connectivity index (χ1) is 13.0. The van der Waals surface area contributed by atoms with E-state index in [1.54, 1.807) is 24.3 Å².